The molecule has 112 valence electrons. The van der Waals surface area contributed by atoms with E-state index >= 15 is 0 Å². The van der Waals surface area contributed by atoms with Gasteiger partial charge in [0.15, 0.2) is 5.69 Å². The maximum Gasteiger partial charge on any atom is 0.361 e. The van der Waals surface area contributed by atoms with Crippen LogP contribution in [0, 0.1) is 0 Å². The monoisotopic (exact) mass is 316 g/mol. The van der Waals surface area contributed by atoms with E-state index in [1.807, 2.05) is 0 Å². The van der Waals surface area contributed by atoms with Crippen LogP contribution in [0.3, 0.4) is 0 Å². The molecule has 0 aliphatic carbocycles. The van der Waals surface area contributed by atoms with Crippen molar-refractivity contribution in [2.75, 3.05) is 6.61 Å². The van der Waals surface area contributed by atoms with Crippen molar-refractivity contribution >= 4 is 17.6 Å². The van der Waals surface area contributed by atoms with E-state index in [1.165, 1.54) is 12.4 Å². The highest BCUT2D eigenvalue weighted by atomic mass is 35.5. The molecule has 0 unspecified atom stereocenters. The fourth-order valence-corrected chi connectivity index (χ4v) is 1.87. The van der Waals surface area contributed by atoms with Gasteiger partial charge in [-0.05, 0) is 18.6 Å². The SMILES string of the molecule is CCOC(=O)c1nnn(Cc2ccncc2Cl)c1C(F)F. The van der Waals surface area contributed by atoms with Gasteiger partial charge in [0.2, 0.25) is 0 Å². The number of alkyl halides is 2. The smallest absolute Gasteiger partial charge is 0.361 e. The van der Waals surface area contributed by atoms with Crippen LogP contribution in [-0.2, 0) is 11.3 Å². The van der Waals surface area contributed by atoms with E-state index in [2.05, 4.69) is 20.0 Å². The van der Waals surface area contributed by atoms with Crippen molar-refractivity contribution in [3.05, 3.63) is 40.4 Å². The van der Waals surface area contributed by atoms with Crippen molar-refractivity contribution in [1.82, 2.24) is 20.0 Å². The Morgan fingerprint density at radius 1 is 1.52 bits per heavy atom. The molecule has 2 rings (SSSR count). The summed E-state index contributed by atoms with van der Waals surface area (Å²) in [4.78, 5) is 15.4. The van der Waals surface area contributed by atoms with Crippen molar-refractivity contribution in [1.29, 1.82) is 0 Å². The predicted octanol–water partition coefficient (Wildman–Crippen LogP) is 2.49. The molecule has 6 nitrogen and oxygen atoms in total. The summed E-state index contributed by atoms with van der Waals surface area (Å²) >= 11 is 5.92. The Morgan fingerprint density at radius 3 is 2.90 bits per heavy atom. The lowest BCUT2D eigenvalue weighted by atomic mass is 10.2. The van der Waals surface area contributed by atoms with Crippen LogP contribution in [0.15, 0.2) is 18.5 Å². The molecule has 21 heavy (non-hydrogen) atoms. The third kappa shape index (κ3) is 3.33. The lowest BCUT2D eigenvalue weighted by Crippen LogP contribution is -2.12. The number of carbonyl (C=O) groups excluding carboxylic acids is 1. The first-order valence-electron chi connectivity index (χ1n) is 6.01. The minimum absolute atomic E-state index is 0.0482. The summed E-state index contributed by atoms with van der Waals surface area (Å²) in [5, 5.41) is 7.38. The average molecular weight is 317 g/mol. The van der Waals surface area contributed by atoms with Gasteiger partial charge in [0.05, 0.1) is 18.2 Å². The molecule has 0 bridgehead atoms. The van der Waals surface area contributed by atoms with Crippen molar-refractivity contribution in [2.45, 2.75) is 19.9 Å². The zero-order chi connectivity index (χ0) is 15.4. The number of halogens is 3. The Bertz CT molecular complexity index is 648. The molecule has 0 saturated carbocycles. The second-order valence-electron chi connectivity index (χ2n) is 3.97. The van der Waals surface area contributed by atoms with Crippen molar-refractivity contribution in [3.8, 4) is 0 Å². The Labute approximate surface area is 123 Å². The highest BCUT2D eigenvalue weighted by molar-refractivity contribution is 6.31. The number of pyridine rings is 1. The van der Waals surface area contributed by atoms with E-state index in [1.54, 1.807) is 13.0 Å². The highest BCUT2D eigenvalue weighted by Gasteiger charge is 2.27. The summed E-state index contributed by atoms with van der Waals surface area (Å²) < 4.78 is 32.0. The lowest BCUT2D eigenvalue weighted by molar-refractivity contribution is 0.0506. The molecule has 0 aromatic carbocycles. The normalized spacial score (nSPS) is 10.9. The number of hydrogen-bond acceptors (Lipinski definition) is 5. The maximum atomic E-state index is 13.2. The predicted molar refractivity (Wildman–Crippen MR) is 69.3 cm³/mol. The minimum Gasteiger partial charge on any atom is -0.461 e. The van der Waals surface area contributed by atoms with E-state index < -0.39 is 23.8 Å². The van der Waals surface area contributed by atoms with Crippen molar-refractivity contribution in [2.24, 2.45) is 0 Å². The van der Waals surface area contributed by atoms with Gasteiger partial charge in [0.25, 0.3) is 6.43 Å². The zero-order valence-corrected chi connectivity index (χ0v) is 11.7. The molecule has 0 radical (unpaired) electrons. The van der Waals surface area contributed by atoms with Crippen LogP contribution in [0.25, 0.3) is 0 Å². The third-order valence-corrected chi connectivity index (χ3v) is 2.97. The molecule has 0 spiro atoms. The molecule has 0 amide bonds. The van der Waals surface area contributed by atoms with Crippen LogP contribution in [0.4, 0.5) is 8.78 Å². The lowest BCUT2D eigenvalue weighted by Gasteiger charge is -2.08. The number of nitrogens with zero attached hydrogens (tertiary/aromatic N) is 4. The Balaban J connectivity index is 2.36. The van der Waals surface area contributed by atoms with E-state index in [-0.39, 0.29) is 13.2 Å². The topological polar surface area (TPSA) is 69.9 Å². The van der Waals surface area contributed by atoms with Gasteiger partial charge in [0.1, 0.15) is 5.69 Å². The highest BCUT2D eigenvalue weighted by Crippen LogP contribution is 2.24. The standard InChI is InChI=1S/C12H11ClF2N4O2/c1-2-21-12(20)9-10(11(14)15)19(18-17-9)6-7-3-4-16-5-8(7)13/h3-5,11H,2,6H2,1H3. The Morgan fingerprint density at radius 2 is 2.29 bits per heavy atom. The average Bonchev–Trinajstić information content (AvgIpc) is 2.85. The summed E-state index contributed by atoms with van der Waals surface area (Å²) in [5.74, 6) is -0.931. The molecular weight excluding hydrogens is 306 g/mol. The summed E-state index contributed by atoms with van der Waals surface area (Å²) in [5.41, 5.74) is -0.549. The van der Waals surface area contributed by atoms with Gasteiger partial charge in [-0.3, -0.25) is 4.98 Å². The zero-order valence-electron chi connectivity index (χ0n) is 11.0. The van der Waals surface area contributed by atoms with Gasteiger partial charge in [-0.1, -0.05) is 16.8 Å². The Hall–Kier alpha value is -2.09. The van der Waals surface area contributed by atoms with Gasteiger partial charge in [-0.25, -0.2) is 18.3 Å². The van der Waals surface area contributed by atoms with Crippen LogP contribution < -0.4 is 0 Å². The summed E-state index contributed by atoms with van der Waals surface area (Å²) in [7, 11) is 0. The van der Waals surface area contributed by atoms with Gasteiger partial charge in [0, 0.05) is 12.4 Å². The van der Waals surface area contributed by atoms with Crippen molar-refractivity contribution in [3.63, 3.8) is 0 Å². The number of esters is 1. The molecule has 0 aliphatic rings. The first kappa shape index (κ1) is 15.3. The summed E-state index contributed by atoms with van der Waals surface area (Å²) in [6.45, 7) is 1.58. The maximum absolute atomic E-state index is 13.2. The minimum atomic E-state index is -2.92. The molecule has 0 saturated heterocycles. The second-order valence-corrected chi connectivity index (χ2v) is 4.38. The van der Waals surface area contributed by atoms with E-state index in [9.17, 15) is 13.6 Å². The molecule has 0 aliphatic heterocycles. The number of ether oxygens (including phenoxy) is 1. The van der Waals surface area contributed by atoms with Gasteiger partial charge < -0.3 is 4.74 Å². The van der Waals surface area contributed by atoms with E-state index in [0.717, 1.165) is 4.68 Å². The largest absolute Gasteiger partial charge is 0.461 e. The number of carbonyl (C=O) groups is 1. The molecule has 0 atom stereocenters. The first-order valence-corrected chi connectivity index (χ1v) is 6.39. The van der Waals surface area contributed by atoms with Gasteiger partial charge in [-0.15, -0.1) is 5.10 Å². The van der Waals surface area contributed by atoms with Gasteiger partial charge in [-0.2, -0.15) is 0 Å². The van der Waals surface area contributed by atoms with E-state index in [0.29, 0.717) is 10.6 Å². The quantitative estimate of drug-likeness (QED) is 0.793. The van der Waals surface area contributed by atoms with Crippen LogP contribution in [-0.4, -0.2) is 32.6 Å². The number of rotatable bonds is 5. The van der Waals surface area contributed by atoms with Crippen molar-refractivity contribution < 1.29 is 18.3 Å². The first-order chi connectivity index (χ1) is 10.0. The second kappa shape index (κ2) is 6.57. The Kier molecular flexibility index (Phi) is 4.79. The molecule has 2 heterocycles. The molecule has 2 aromatic heterocycles. The fourth-order valence-electron chi connectivity index (χ4n) is 1.69. The van der Waals surface area contributed by atoms with Crippen LogP contribution in [0.2, 0.25) is 5.02 Å². The molecule has 2 aromatic rings. The fraction of sp³-hybridized carbons (Fsp3) is 0.333. The number of aromatic nitrogens is 4. The summed E-state index contributed by atoms with van der Waals surface area (Å²) in [6.07, 6.45) is -0.0470. The summed E-state index contributed by atoms with van der Waals surface area (Å²) in [6, 6.07) is 1.57. The molecule has 0 N–H and O–H groups in total. The molecule has 0 fully saturated rings. The van der Waals surface area contributed by atoms with Crippen LogP contribution in [0.1, 0.15) is 35.1 Å². The van der Waals surface area contributed by atoms with Crippen LogP contribution >= 0.6 is 11.6 Å². The number of hydrogen-bond donors (Lipinski definition) is 0. The van der Waals surface area contributed by atoms with Crippen LogP contribution in [0.5, 0.6) is 0 Å². The molecule has 9 heteroatoms. The van der Waals surface area contributed by atoms with E-state index in [4.69, 9.17) is 11.6 Å². The van der Waals surface area contributed by atoms with Gasteiger partial charge >= 0.3 is 5.97 Å². The molecular formula is C12H11ClF2N4O2. The third-order valence-electron chi connectivity index (χ3n) is 2.63.